The molecule has 1 heterocycles. The molecular formula is C29H40F3NO4S. The zero-order chi connectivity index (χ0) is 27.7. The summed E-state index contributed by atoms with van der Waals surface area (Å²) in [5.41, 5.74) is -6.05. The van der Waals surface area contributed by atoms with Crippen LogP contribution >= 0.6 is 11.8 Å². The number of alkyl halides is 3. The van der Waals surface area contributed by atoms with Gasteiger partial charge >= 0.3 is 0 Å². The number of hydrogen-bond acceptors (Lipinski definition) is 6. The van der Waals surface area contributed by atoms with E-state index in [1.165, 1.54) is 18.2 Å². The fourth-order valence-corrected chi connectivity index (χ4v) is 9.84. The standard InChI is InChI=1S/C29H40F3NO4S/c1-5-7-18(8-6-2)33-15-17-11-20-21-13-23(31)22-12-19(34)9-10-26(22,3)28(21,32)24(35)14-27(20,4)29(17,37-33)25(36)38-16-30/h9-10,12,17-18,20-21,23-24,35H,5-8,11,13-16H2,1-4H3/t17-,20-,21-,23-,24-,26-,27-,28-,29-/m0/s1. The van der Waals surface area contributed by atoms with E-state index >= 15 is 8.78 Å². The van der Waals surface area contributed by atoms with Crippen molar-refractivity contribution in [2.75, 3.05) is 12.6 Å². The van der Waals surface area contributed by atoms with Gasteiger partial charge in [0.2, 0.25) is 5.12 Å². The lowest BCUT2D eigenvalue weighted by atomic mass is 9.44. The molecule has 0 spiro atoms. The maximum Gasteiger partial charge on any atom is 0.226 e. The van der Waals surface area contributed by atoms with Gasteiger partial charge in [-0.3, -0.25) is 14.4 Å². The molecule has 0 aromatic heterocycles. The Labute approximate surface area is 227 Å². The fraction of sp³-hybridized carbons (Fsp3) is 0.793. The average molecular weight is 556 g/mol. The molecule has 0 aromatic carbocycles. The van der Waals surface area contributed by atoms with Gasteiger partial charge in [0.15, 0.2) is 17.1 Å². The maximum atomic E-state index is 17.5. The lowest BCUT2D eigenvalue weighted by Gasteiger charge is -2.63. The summed E-state index contributed by atoms with van der Waals surface area (Å²) in [5.74, 6) is -2.05. The summed E-state index contributed by atoms with van der Waals surface area (Å²) in [6, 6.07) is -0.797. The summed E-state index contributed by atoms with van der Waals surface area (Å²) in [6.45, 7) is 8.09. The first kappa shape index (κ1) is 28.4. The summed E-state index contributed by atoms with van der Waals surface area (Å²) in [4.78, 5) is 32.5. The molecule has 1 N–H and O–H groups in total. The van der Waals surface area contributed by atoms with Crippen molar-refractivity contribution in [2.24, 2.45) is 28.6 Å². The molecular weight excluding hydrogens is 515 g/mol. The molecule has 0 unspecified atom stereocenters. The highest BCUT2D eigenvalue weighted by Crippen LogP contribution is 2.73. The predicted octanol–water partition coefficient (Wildman–Crippen LogP) is 5.67. The van der Waals surface area contributed by atoms with Crippen LogP contribution in [0.3, 0.4) is 0 Å². The van der Waals surface area contributed by atoms with E-state index in [-0.39, 0.29) is 36.2 Å². The summed E-state index contributed by atoms with van der Waals surface area (Å²) in [6.07, 6.45) is 4.66. The van der Waals surface area contributed by atoms with Crippen molar-refractivity contribution in [1.82, 2.24) is 5.06 Å². The van der Waals surface area contributed by atoms with Crippen LogP contribution in [-0.4, -0.2) is 63.2 Å². The normalized spacial score (nSPS) is 46.0. The second-order valence-corrected chi connectivity index (χ2v) is 13.4. The molecule has 0 radical (unpaired) electrons. The summed E-state index contributed by atoms with van der Waals surface area (Å²) < 4.78 is 46.8. The number of aliphatic hydroxyl groups is 1. The van der Waals surface area contributed by atoms with Crippen molar-refractivity contribution < 1.29 is 32.7 Å². The quantitative estimate of drug-likeness (QED) is 0.437. The Morgan fingerprint density at radius 3 is 2.55 bits per heavy atom. The number of nitrogens with zero attached hydrogens (tertiary/aromatic N) is 1. The first-order valence-electron chi connectivity index (χ1n) is 14.1. The third kappa shape index (κ3) is 3.56. The molecule has 4 aliphatic carbocycles. The van der Waals surface area contributed by atoms with Crippen LogP contribution in [0.1, 0.15) is 72.6 Å². The highest BCUT2D eigenvalue weighted by molar-refractivity contribution is 8.13. The topological polar surface area (TPSA) is 66.8 Å². The molecule has 212 valence electrons. The van der Waals surface area contributed by atoms with Gasteiger partial charge in [-0.25, -0.2) is 13.2 Å². The highest BCUT2D eigenvalue weighted by atomic mass is 32.2. The zero-order valence-corrected chi connectivity index (χ0v) is 23.5. The Morgan fingerprint density at radius 1 is 1.24 bits per heavy atom. The van der Waals surface area contributed by atoms with E-state index in [4.69, 9.17) is 4.84 Å². The first-order valence-corrected chi connectivity index (χ1v) is 15.1. The van der Waals surface area contributed by atoms with Crippen LogP contribution in [0.25, 0.3) is 0 Å². The molecule has 4 fully saturated rings. The number of hydrogen-bond donors (Lipinski definition) is 1. The summed E-state index contributed by atoms with van der Waals surface area (Å²) >= 11 is 0.574. The van der Waals surface area contributed by atoms with Crippen molar-refractivity contribution in [3.63, 3.8) is 0 Å². The predicted molar refractivity (Wildman–Crippen MR) is 140 cm³/mol. The SMILES string of the molecule is CCCC(CCC)N1C[C@@H]2C[C@H]3[C@@H]4C[C@H](F)C5=CC(=O)C=C[C@]5(C)[C@@]4(F)[C@@H](O)C[C@]3(C)[C@]2(C(=O)SCF)O1. The largest absolute Gasteiger partial charge is 0.390 e. The van der Waals surface area contributed by atoms with Gasteiger partial charge < -0.3 is 5.11 Å². The molecule has 5 rings (SSSR count). The third-order valence-electron chi connectivity index (χ3n) is 10.8. The number of aliphatic hydroxyl groups excluding tert-OH is 1. The second kappa shape index (κ2) is 9.74. The molecule has 38 heavy (non-hydrogen) atoms. The molecule has 9 heteroatoms. The molecule has 1 aliphatic heterocycles. The van der Waals surface area contributed by atoms with E-state index in [2.05, 4.69) is 13.8 Å². The average Bonchev–Trinajstić information content (AvgIpc) is 3.36. The molecule has 0 bridgehead atoms. The number of allylic oxidation sites excluding steroid dienone is 4. The van der Waals surface area contributed by atoms with Gasteiger partial charge in [0.1, 0.15) is 12.2 Å². The molecule has 5 nitrogen and oxygen atoms in total. The lowest BCUT2D eigenvalue weighted by Crippen LogP contribution is -2.70. The Balaban J connectivity index is 1.58. The van der Waals surface area contributed by atoms with Crippen LogP contribution in [0.4, 0.5) is 13.2 Å². The number of rotatable bonds is 7. The number of halogens is 3. The second-order valence-electron chi connectivity index (χ2n) is 12.5. The van der Waals surface area contributed by atoms with Crippen LogP contribution in [0.5, 0.6) is 0 Å². The van der Waals surface area contributed by atoms with Crippen molar-refractivity contribution in [3.05, 3.63) is 23.8 Å². The highest BCUT2D eigenvalue weighted by Gasteiger charge is 2.79. The fourth-order valence-electron chi connectivity index (χ4n) is 9.09. The Kier molecular flexibility index (Phi) is 7.27. The van der Waals surface area contributed by atoms with E-state index in [0.717, 1.165) is 25.7 Å². The molecule has 5 aliphatic rings. The van der Waals surface area contributed by atoms with Crippen molar-refractivity contribution >= 4 is 22.7 Å². The van der Waals surface area contributed by atoms with E-state index in [9.17, 15) is 19.1 Å². The minimum Gasteiger partial charge on any atom is -0.390 e. The number of fused-ring (bicyclic) bond motifs is 7. The van der Waals surface area contributed by atoms with Gasteiger partial charge in [-0.2, -0.15) is 5.06 Å². The van der Waals surface area contributed by atoms with Gasteiger partial charge in [-0.15, -0.1) is 0 Å². The summed E-state index contributed by atoms with van der Waals surface area (Å²) in [7, 11) is 0. The van der Waals surface area contributed by atoms with Crippen LogP contribution < -0.4 is 0 Å². The Hall–Kier alpha value is -1.16. The van der Waals surface area contributed by atoms with Crippen LogP contribution in [0.15, 0.2) is 23.8 Å². The minimum absolute atomic E-state index is 0.0680. The zero-order valence-electron chi connectivity index (χ0n) is 22.7. The Morgan fingerprint density at radius 2 is 1.92 bits per heavy atom. The first-order chi connectivity index (χ1) is 17.9. The van der Waals surface area contributed by atoms with Crippen molar-refractivity contribution in [1.29, 1.82) is 0 Å². The molecule has 1 saturated heterocycles. The monoisotopic (exact) mass is 555 g/mol. The molecule has 0 amide bonds. The Bertz CT molecular complexity index is 1050. The van der Waals surface area contributed by atoms with Crippen molar-refractivity contribution in [3.8, 4) is 0 Å². The van der Waals surface area contributed by atoms with Gasteiger partial charge in [0.25, 0.3) is 0 Å². The van der Waals surface area contributed by atoms with Crippen LogP contribution in [0, 0.1) is 28.6 Å². The van der Waals surface area contributed by atoms with Crippen LogP contribution in [0.2, 0.25) is 0 Å². The number of carbonyl (C=O) groups is 2. The maximum absolute atomic E-state index is 17.5. The smallest absolute Gasteiger partial charge is 0.226 e. The third-order valence-corrected chi connectivity index (χ3v) is 11.5. The van der Waals surface area contributed by atoms with Gasteiger partial charge in [-0.05, 0) is 62.7 Å². The molecule has 9 atom stereocenters. The van der Waals surface area contributed by atoms with E-state index in [1.54, 1.807) is 6.92 Å². The number of thioether (sulfide) groups is 1. The molecule has 3 saturated carbocycles. The number of carbonyl (C=O) groups excluding carboxylic acids is 2. The molecule has 0 aromatic rings. The van der Waals surface area contributed by atoms with Gasteiger partial charge in [-0.1, -0.05) is 51.5 Å². The van der Waals surface area contributed by atoms with Crippen LogP contribution in [-0.2, 0) is 14.4 Å². The number of hydroxylamine groups is 2. The minimum atomic E-state index is -2.22. The van der Waals surface area contributed by atoms with E-state index < -0.39 is 57.3 Å². The number of ketones is 1. The summed E-state index contributed by atoms with van der Waals surface area (Å²) in [5, 5.41) is 13.1. The van der Waals surface area contributed by atoms with Gasteiger partial charge in [0, 0.05) is 35.3 Å². The van der Waals surface area contributed by atoms with Crippen molar-refractivity contribution in [2.45, 2.75) is 102 Å². The van der Waals surface area contributed by atoms with E-state index in [0.29, 0.717) is 24.7 Å². The van der Waals surface area contributed by atoms with E-state index in [1.807, 2.05) is 12.0 Å². The lowest BCUT2D eigenvalue weighted by molar-refractivity contribution is -0.273. The van der Waals surface area contributed by atoms with Gasteiger partial charge in [0.05, 0.1) is 6.10 Å².